The van der Waals surface area contributed by atoms with E-state index in [1.807, 2.05) is 19.0 Å². The van der Waals surface area contributed by atoms with Crippen LogP contribution >= 0.6 is 11.6 Å². The average molecular weight is 272 g/mol. The predicted molar refractivity (Wildman–Crippen MR) is 72.9 cm³/mol. The van der Waals surface area contributed by atoms with Gasteiger partial charge in [0.2, 0.25) is 0 Å². The fraction of sp³-hybridized carbons (Fsp3) is 0.417. The van der Waals surface area contributed by atoms with Crippen molar-refractivity contribution in [2.45, 2.75) is 0 Å². The third-order valence-electron chi connectivity index (χ3n) is 2.23. The number of carbonyl (C=O) groups is 1. The Morgan fingerprint density at radius 1 is 1.50 bits per heavy atom. The molecule has 0 radical (unpaired) electrons. The Balaban J connectivity index is 2.38. The molecule has 3 N–H and O–H groups in total. The van der Waals surface area contributed by atoms with E-state index in [-0.39, 0.29) is 12.5 Å². The van der Waals surface area contributed by atoms with Crippen molar-refractivity contribution in [3.8, 4) is 5.75 Å². The molecule has 100 valence electrons. The maximum absolute atomic E-state index is 11.5. The Hall–Kier alpha value is -1.46. The Morgan fingerprint density at radius 2 is 2.22 bits per heavy atom. The van der Waals surface area contributed by atoms with Crippen molar-refractivity contribution in [1.82, 2.24) is 10.2 Å². The molecule has 1 aromatic rings. The molecule has 0 aromatic heterocycles. The van der Waals surface area contributed by atoms with E-state index in [0.717, 1.165) is 6.54 Å². The number of nitrogen functional groups attached to an aromatic ring is 1. The number of amides is 1. The van der Waals surface area contributed by atoms with Gasteiger partial charge in [-0.3, -0.25) is 4.79 Å². The number of rotatable bonds is 6. The highest BCUT2D eigenvalue weighted by Gasteiger charge is 2.08. The molecular formula is C12H18ClN3O2. The number of likely N-dealkylation sites (N-methyl/N-ethyl adjacent to an activating group) is 1. The first-order valence-electron chi connectivity index (χ1n) is 5.59. The van der Waals surface area contributed by atoms with E-state index in [9.17, 15) is 4.79 Å². The number of nitrogens with two attached hydrogens (primary N) is 1. The monoisotopic (exact) mass is 271 g/mol. The first-order valence-corrected chi connectivity index (χ1v) is 5.96. The number of nitrogens with zero attached hydrogens (tertiary/aromatic N) is 1. The van der Waals surface area contributed by atoms with Crippen LogP contribution in [0.5, 0.6) is 5.75 Å². The van der Waals surface area contributed by atoms with Crippen LogP contribution in [-0.4, -0.2) is 44.6 Å². The Labute approximate surface area is 112 Å². The third kappa shape index (κ3) is 4.81. The Bertz CT molecular complexity index is 390. The largest absolute Gasteiger partial charge is 0.480 e. The number of benzene rings is 1. The number of hydrogen-bond donors (Lipinski definition) is 2. The molecule has 0 heterocycles. The summed E-state index contributed by atoms with van der Waals surface area (Å²) in [4.78, 5) is 13.5. The van der Waals surface area contributed by atoms with Gasteiger partial charge in [0.25, 0.3) is 5.91 Å². The summed E-state index contributed by atoms with van der Waals surface area (Å²) in [5.41, 5.74) is 6.12. The highest BCUT2D eigenvalue weighted by atomic mass is 35.5. The van der Waals surface area contributed by atoms with Gasteiger partial charge >= 0.3 is 0 Å². The molecule has 0 fully saturated rings. The van der Waals surface area contributed by atoms with Gasteiger partial charge in [0, 0.05) is 13.1 Å². The Kier molecular flexibility index (Phi) is 5.74. The summed E-state index contributed by atoms with van der Waals surface area (Å²) >= 11 is 5.92. The number of ether oxygens (including phenoxy) is 1. The summed E-state index contributed by atoms with van der Waals surface area (Å²) in [5, 5.41) is 3.13. The van der Waals surface area contributed by atoms with Crippen molar-refractivity contribution >= 4 is 23.2 Å². The summed E-state index contributed by atoms with van der Waals surface area (Å²) in [7, 11) is 3.88. The fourth-order valence-corrected chi connectivity index (χ4v) is 1.52. The summed E-state index contributed by atoms with van der Waals surface area (Å²) in [6.45, 7) is 1.26. The number of para-hydroxylation sites is 1. The summed E-state index contributed by atoms with van der Waals surface area (Å²) in [6.07, 6.45) is 0. The molecule has 0 saturated heterocycles. The first kappa shape index (κ1) is 14.6. The second-order valence-electron chi connectivity index (χ2n) is 4.10. The van der Waals surface area contributed by atoms with Crippen LogP contribution in [0.15, 0.2) is 18.2 Å². The van der Waals surface area contributed by atoms with Gasteiger partial charge in [-0.2, -0.15) is 0 Å². The number of nitrogens with one attached hydrogen (secondary N) is 1. The van der Waals surface area contributed by atoms with Gasteiger partial charge in [0.15, 0.2) is 12.4 Å². The van der Waals surface area contributed by atoms with Crippen LogP contribution in [0.1, 0.15) is 0 Å². The van der Waals surface area contributed by atoms with Gasteiger partial charge in [-0.15, -0.1) is 0 Å². The molecule has 0 spiro atoms. The van der Waals surface area contributed by atoms with Crippen molar-refractivity contribution < 1.29 is 9.53 Å². The molecular weight excluding hydrogens is 254 g/mol. The normalized spacial score (nSPS) is 10.4. The van der Waals surface area contributed by atoms with Gasteiger partial charge in [-0.25, -0.2) is 0 Å². The zero-order valence-corrected chi connectivity index (χ0v) is 11.3. The molecule has 0 saturated carbocycles. The molecule has 5 nitrogen and oxygen atoms in total. The van der Waals surface area contributed by atoms with Gasteiger partial charge < -0.3 is 20.7 Å². The second kappa shape index (κ2) is 7.08. The lowest BCUT2D eigenvalue weighted by Crippen LogP contribution is -2.34. The summed E-state index contributed by atoms with van der Waals surface area (Å²) in [6, 6.07) is 5.06. The molecule has 1 amide bonds. The molecule has 1 aromatic carbocycles. The summed E-state index contributed by atoms with van der Waals surface area (Å²) < 4.78 is 5.30. The van der Waals surface area contributed by atoms with Crippen molar-refractivity contribution in [3.63, 3.8) is 0 Å². The molecule has 0 aliphatic carbocycles. The lowest BCUT2D eigenvalue weighted by molar-refractivity contribution is -0.123. The lowest BCUT2D eigenvalue weighted by atomic mass is 10.3. The van der Waals surface area contributed by atoms with E-state index in [1.165, 1.54) is 0 Å². The van der Waals surface area contributed by atoms with Gasteiger partial charge in [-0.1, -0.05) is 17.7 Å². The van der Waals surface area contributed by atoms with Gasteiger partial charge in [-0.05, 0) is 26.2 Å². The van der Waals surface area contributed by atoms with Crippen LogP contribution < -0.4 is 15.8 Å². The van der Waals surface area contributed by atoms with E-state index < -0.39 is 0 Å². The van der Waals surface area contributed by atoms with E-state index in [4.69, 9.17) is 22.1 Å². The molecule has 1 rings (SSSR count). The van der Waals surface area contributed by atoms with Crippen molar-refractivity contribution in [1.29, 1.82) is 0 Å². The van der Waals surface area contributed by atoms with Crippen molar-refractivity contribution in [2.24, 2.45) is 0 Å². The molecule has 0 aliphatic rings. The van der Waals surface area contributed by atoms with Crippen LogP contribution in [0.4, 0.5) is 5.69 Å². The van der Waals surface area contributed by atoms with Crippen LogP contribution in [-0.2, 0) is 4.79 Å². The van der Waals surface area contributed by atoms with E-state index in [2.05, 4.69) is 5.32 Å². The summed E-state index contributed by atoms with van der Waals surface area (Å²) in [5.74, 6) is 0.151. The maximum atomic E-state index is 11.5. The number of hydrogen-bond acceptors (Lipinski definition) is 4. The second-order valence-corrected chi connectivity index (χ2v) is 4.51. The highest BCUT2D eigenvalue weighted by molar-refractivity contribution is 6.32. The first-order chi connectivity index (χ1) is 8.50. The van der Waals surface area contributed by atoms with E-state index in [1.54, 1.807) is 18.2 Å². The van der Waals surface area contributed by atoms with Gasteiger partial charge in [0.05, 0.1) is 10.7 Å². The minimum absolute atomic E-state index is 0.0959. The third-order valence-corrected chi connectivity index (χ3v) is 2.52. The topological polar surface area (TPSA) is 67.6 Å². The van der Waals surface area contributed by atoms with Crippen molar-refractivity contribution in [2.75, 3.05) is 39.5 Å². The highest BCUT2D eigenvalue weighted by Crippen LogP contribution is 2.30. The quantitative estimate of drug-likeness (QED) is 0.757. The average Bonchev–Trinajstić information content (AvgIpc) is 2.27. The van der Waals surface area contributed by atoms with Gasteiger partial charge in [0.1, 0.15) is 0 Å². The molecule has 18 heavy (non-hydrogen) atoms. The smallest absolute Gasteiger partial charge is 0.257 e. The van der Waals surface area contributed by atoms with Crippen LogP contribution in [0.3, 0.4) is 0 Å². The van der Waals surface area contributed by atoms with E-state index in [0.29, 0.717) is 23.0 Å². The molecule has 6 heteroatoms. The predicted octanol–water partition coefficient (Wildman–Crippen LogP) is 0.979. The Morgan fingerprint density at radius 3 is 2.83 bits per heavy atom. The number of carbonyl (C=O) groups excluding carboxylic acids is 1. The minimum Gasteiger partial charge on any atom is -0.480 e. The van der Waals surface area contributed by atoms with E-state index >= 15 is 0 Å². The fourth-order valence-electron chi connectivity index (χ4n) is 1.29. The van der Waals surface area contributed by atoms with Crippen LogP contribution in [0.25, 0.3) is 0 Å². The zero-order valence-electron chi connectivity index (χ0n) is 10.6. The molecule has 0 atom stereocenters. The van der Waals surface area contributed by atoms with Crippen LogP contribution in [0, 0.1) is 0 Å². The van der Waals surface area contributed by atoms with Crippen LogP contribution in [0.2, 0.25) is 5.02 Å². The number of anilines is 1. The SMILES string of the molecule is CN(C)CCNC(=O)COc1c(N)cccc1Cl. The standard InChI is InChI=1S/C12H18ClN3O2/c1-16(2)7-6-15-11(17)8-18-12-9(13)4-3-5-10(12)14/h3-5H,6-8,14H2,1-2H3,(H,15,17). The lowest BCUT2D eigenvalue weighted by Gasteiger charge is -2.12. The maximum Gasteiger partial charge on any atom is 0.257 e. The minimum atomic E-state index is -0.198. The molecule has 0 unspecified atom stereocenters. The van der Waals surface area contributed by atoms with Crippen molar-refractivity contribution in [3.05, 3.63) is 23.2 Å². The molecule has 0 bridgehead atoms. The number of halogens is 1. The molecule has 0 aliphatic heterocycles. The zero-order chi connectivity index (χ0) is 13.5.